The zero-order valence-corrected chi connectivity index (χ0v) is 9.21. The van der Waals surface area contributed by atoms with Crippen LogP contribution in [0.15, 0.2) is 22.7 Å². The summed E-state index contributed by atoms with van der Waals surface area (Å²) >= 11 is 11.6. The van der Waals surface area contributed by atoms with E-state index in [4.69, 9.17) is 32.5 Å². The molecule has 4 nitrogen and oxygen atoms in total. The highest BCUT2D eigenvalue weighted by Crippen LogP contribution is 2.30. The zero-order valence-electron chi connectivity index (χ0n) is 7.70. The number of benzene rings is 1. The molecule has 15 heavy (non-hydrogen) atoms. The largest absolute Gasteiger partial charge is 0.421 e. The van der Waals surface area contributed by atoms with Crippen LogP contribution in [0.3, 0.4) is 0 Å². The maximum atomic E-state index is 5.89. The Bertz CT molecular complexity index is 485. The molecule has 0 amide bonds. The van der Waals surface area contributed by atoms with Gasteiger partial charge in [0.25, 0.3) is 0 Å². The minimum atomic E-state index is 0.122. The van der Waals surface area contributed by atoms with Crippen molar-refractivity contribution in [3.05, 3.63) is 34.1 Å². The van der Waals surface area contributed by atoms with Gasteiger partial charge < -0.3 is 9.26 Å². The van der Waals surface area contributed by atoms with Crippen molar-refractivity contribution in [1.29, 1.82) is 0 Å². The third-order valence-electron chi connectivity index (χ3n) is 1.60. The van der Waals surface area contributed by atoms with Crippen molar-refractivity contribution in [1.82, 2.24) is 10.1 Å². The van der Waals surface area contributed by atoms with Crippen LogP contribution in [-0.4, -0.2) is 10.1 Å². The molecule has 0 saturated heterocycles. The van der Waals surface area contributed by atoms with E-state index >= 15 is 0 Å². The standard InChI is InChI=1S/C9H6Cl2N2O2/c1-5-12-9(13-15-5)14-8-3-2-6(10)4-7(8)11/h2-4H,1H3. The Morgan fingerprint density at radius 2 is 2.13 bits per heavy atom. The molecule has 0 unspecified atom stereocenters. The minimum Gasteiger partial charge on any atom is -0.421 e. The smallest absolute Gasteiger partial charge is 0.359 e. The molecule has 0 aliphatic rings. The van der Waals surface area contributed by atoms with Gasteiger partial charge in [-0.3, -0.25) is 0 Å². The van der Waals surface area contributed by atoms with Crippen LogP contribution in [0, 0.1) is 6.92 Å². The van der Waals surface area contributed by atoms with E-state index in [0.717, 1.165) is 0 Å². The Balaban J connectivity index is 2.24. The highest BCUT2D eigenvalue weighted by molar-refractivity contribution is 6.35. The van der Waals surface area contributed by atoms with Crippen LogP contribution in [0.5, 0.6) is 11.8 Å². The second kappa shape index (κ2) is 4.08. The third kappa shape index (κ3) is 2.40. The van der Waals surface area contributed by atoms with Crippen LogP contribution in [-0.2, 0) is 0 Å². The predicted octanol–water partition coefficient (Wildman–Crippen LogP) is 3.48. The molecule has 0 atom stereocenters. The minimum absolute atomic E-state index is 0.122. The molecule has 0 fully saturated rings. The highest BCUT2D eigenvalue weighted by Gasteiger charge is 2.08. The first-order chi connectivity index (χ1) is 7.15. The average molecular weight is 245 g/mol. The van der Waals surface area contributed by atoms with E-state index in [1.807, 2.05) is 0 Å². The van der Waals surface area contributed by atoms with Crippen LogP contribution < -0.4 is 4.74 Å². The van der Waals surface area contributed by atoms with Crippen LogP contribution in [0.1, 0.15) is 5.89 Å². The van der Waals surface area contributed by atoms with Crippen molar-refractivity contribution < 1.29 is 9.26 Å². The molecule has 78 valence electrons. The van der Waals surface area contributed by atoms with Gasteiger partial charge in [-0.15, -0.1) is 0 Å². The SMILES string of the molecule is Cc1nc(Oc2ccc(Cl)cc2Cl)no1. The normalized spacial score (nSPS) is 10.3. The fourth-order valence-corrected chi connectivity index (χ4v) is 1.43. The Morgan fingerprint density at radius 1 is 1.33 bits per heavy atom. The predicted molar refractivity (Wildman–Crippen MR) is 55.6 cm³/mol. The summed E-state index contributed by atoms with van der Waals surface area (Å²) in [7, 11) is 0. The summed E-state index contributed by atoms with van der Waals surface area (Å²) in [6, 6.07) is 4.99. The molecular formula is C9H6Cl2N2O2. The average Bonchev–Trinajstić information content (AvgIpc) is 2.56. The molecule has 1 aromatic heterocycles. The first-order valence-electron chi connectivity index (χ1n) is 4.08. The van der Waals surface area contributed by atoms with Gasteiger partial charge in [0.15, 0.2) is 0 Å². The fraction of sp³-hybridized carbons (Fsp3) is 0.111. The molecule has 0 aliphatic heterocycles. The molecule has 0 saturated carbocycles. The lowest BCUT2D eigenvalue weighted by molar-refractivity contribution is 0.355. The van der Waals surface area contributed by atoms with Gasteiger partial charge in [0.1, 0.15) is 5.75 Å². The molecule has 0 bridgehead atoms. The topological polar surface area (TPSA) is 48.2 Å². The van der Waals surface area contributed by atoms with E-state index in [0.29, 0.717) is 21.7 Å². The molecule has 2 rings (SSSR count). The monoisotopic (exact) mass is 244 g/mol. The molecule has 6 heteroatoms. The van der Waals surface area contributed by atoms with Gasteiger partial charge in [-0.1, -0.05) is 23.2 Å². The number of rotatable bonds is 2. The number of aryl methyl sites for hydroxylation is 1. The van der Waals surface area contributed by atoms with E-state index in [1.165, 1.54) is 0 Å². The lowest BCUT2D eigenvalue weighted by Gasteiger charge is -2.02. The van der Waals surface area contributed by atoms with Crippen LogP contribution in [0.25, 0.3) is 0 Å². The molecular weight excluding hydrogens is 239 g/mol. The fourth-order valence-electron chi connectivity index (χ4n) is 0.978. The number of hydrogen-bond acceptors (Lipinski definition) is 4. The maximum Gasteiger partial charge on any atom is 0.359 e. The van der Waals surface area contributed by atoms with Gasteiger partial charge in [0.05, 0.1) is 5.02 Å². The van der Waals surface area contributed by atoms with Crippen molar-refractivity contribution in [2.45, 2.75) is 6.92 Å². The van der Waals surface area contributed by atoms with Gasteiger partial charge in [-0.05, 0) is 23.4 Å². The second-order valence-electron chi connectivity index (χ2n) is 2.77. The Morgan fingerprint density at radius 3 is 2.73 bits per heavy atom. The number of aromatic nitrogens is 2. The van der Waals surface area contributed by atoms with Gasteiger partial charge in [0.2, 0.25) is 5.89 Å². The summed E-state index contributed by atoms with van der Waals surface area (Å²) in [6.45, 7) is 1.67. The molecule has 1 aromatic carbocycles. The Hall–Kier alpha value is -1.26. The number of ether oxygens (including phenoxy) is 1. The molecule has 0 spiro atoms. The van der Waals surface area contributed by atoms with Crippen LogP contribution in [0.4, 0.5) is 0 Å². The van der Waals surface area contributed by atoms with Crippen molar-refractivity contribution in [2.24, 2.45) is 0 Å². The van der Waals surface area contributed by atoms with Gasteiger partial charge in [-0.25, -0.2) is 0 Å². The van der Waals surface area contributed by atoms with Crippen molar-refractivity contribution in [2.75, 3.05) is 0 Å². The van der Waals surface area contributed by atoms with Crippen LogP contribution >= 0.6 is 23.2 Å². The summed E-state index contributed by atoms with van der Waals surface area (Å²) in [5, 5.41) is 4.51. The zero-order chi connectivity index (χ0) is 10.8. The summed E-state index contributed by atoms with van der Waals surface area (Å²) in [4.78, 5) is 3.88. The molecule has 0 radical (unpaired) electrons. The quantitative estimate of drug-likeness (QED) is 0.812. The van der Waals surface area contributed by atoms with Gasteiger partial charge >= 0.3 is 6.01 Å². The molecule has 2 aromatic rings. The summed E-state index contributed by atoms with van der Waals surface area (Å²) in [5.74, 6) is 0.858. The first kappa shape index (κ1) is 10.3. The number of halogens is 2. The Labute approximate surface area is 95.8 Å². The third-order valence-corrected chi connectivity index (χ3v) is 2.13. The summed E-state index contributed by atoms with van der Waals surface area (Å²) < 4.78 is 10.0. The Kier molecular flexibility index (Phi) is 2.79. The molecule has 1 heterocycles. The first-order valence-corrected chi connectivity index (χ1v) is 4.84. The number of nitrogens with zero attached hydrogens (tertiary/aromatic N) is 2. The molecule has 0 N–H and O–H groups in total. The van der Waals surface area contributed by atoms with E-state index < -0.39 is 0 Å². The van der Waals surface area contributed by atoms with Gasteiger partial charge in [0, 0.05) is 11.9 Å². The summed E-state index contributed by atoms with van der Waals surface area (Å²) in [6.07, 6.45) is 0. The second-order valence-corrected chi connectivity index (χ2v) is 3.62. The van der Waals surface area contributed by atoms with E-state index in [2.05, 4.69) is 10.1 Å². The van der Waals surface area contributed by atoms with Gasteiger partial charge in [-0.2, -0.15) is 4.98 Å². The maximum absolute atomic E-state index is 5.89. The van der Waals surface area contributed by atoms with E-state index in [9.17, 15) is 0 Å². The lowest BCUT2D eigenvalue weighted by Crippen LogP contribution is -1.87. The van der Waals surface area contributed by atoms with Crippen molar-refractivity contribution >= 4 is 23.2 Å². The van der Waals surface area contributed by atoms with Crippen LogP contribution in [0.2, 0.25) is 10.0 Å². The van der Waals surface area contributed by atoms with Crippen molar-refractivity contribution in [3.63, 3.8) is 0 Å². The van der Waals surface area contributed by atoms with Crippen molar-refractivity contribution in [3.8, 4) is 11.8 Å². The highest BCUT2D eigenvalue weighted by atomic mass is 35.5. The lowest BCUT2D eigenvalue weighted by atomic mass is 10.3. The van der Waals surface area contributed by atoms with E-state index in [-0.39, 0.29) is 6.01 Å². The molecule has 0 aliphatic carbocycles. The van der Waals surface area contributed by atoms with E-state index in [1.54, 1.807) is 25.1 Å². The number of hydrogen-bond donors (Lipinski definition) is 0. The summed E-state index contributed by atoms with van der Waals surface area (Å²) in [5.41, 5.74) is 0.